The van der Waals surface area contributed by atoms with Crippen LogP contribution in [0.15, 0.2) is 35.5 Å². The van der Waals surface area contributed by atoms with Gasteiger partial charge in [-0.1, -0.05) is 42.1 Å². The van der Waals surface area contributed by atoms with Gasteiger partial charge in [0.15, 0.2) is 16.5 Å². The van der Waals surface area contributed by atoms with Crippen LogP contribution < -0.4 is 5.32 Å². The molecule has 23 heavy (non-hydrogen) atoms. The molecular formula is C15H18N6OS. The predicted molar refractivity (Wildman–Crippen MR) is 90.3 cm³/mol. The molecule has 0 fully saturated rings. The van der Waals surface area contributed by atoms with Gasteiger partial charge in [-0.2, -0.15) is 15.3 Å². The summed E-state index contributed by atoms with van der Waals surface area (Å²) in [6.45, 7) is 3.75. The van der Waals surface area contributed by atoms with E-state index in [1.54, 1.807) is 0 Å². The van der Waals surface area contributed by atoms with E-state index in [-0.39, 0.29) is 6.61 Å². The SMILES string of the molecule is CC(C)(CO)Nc1nc(SCc2ccccc2)nc2n[nH]nc12. The molecule has 3 N–H and O–H groups in total. The number of aromatic nitrogens is 5. The molecule has 0 spiro atoms. The minimum atomic E-state index is -0.512. The molecule has 7 nitrogen and oxygen atoms in total. The first kappa shape index (κ1) is 15.7. The topological polar surface area (TPSA) is 99.6 Å². The van der Waals surface area contributed by atoms with Gasteiger partial charge in [-0.05, 0) is 19.4 Å². The molecule has 120 valence electrons. The number of H-pyrrole nitrogens is 1. The molecule has 0 radical (unpaired) electrons. The number of nitrogens with one attached hydrogen (secondary N) is 2. The lowest BCUT2D eigenvalue weighted by Crippen LogP contribution is -2.35. The Balaban J connectivity index is 1.86. The molecular weight excluding hydrogens is 312 g/mol. The molecule has 0 amide bonds. The van der Waals surface area contributed by atoms with Crippen molar-refractivity contribution in [3.05, 3.63) is 35.9 Å². The van der Waals surface area contributed by atoms with Crippen LogP contribution in [0.25, 0.3) is 11.2 Å². The van der Waals surface area contributed by atoms with Crippen molar-refractivity contribution in [1.82, 2.24) is 25.4 Å². The van der Waals surface area contributed by atoms with Crippen LogP contribution in [0, 0.1) is 0 Å². The summed E-state index contributed by atoms with van der Waals surface area (Å²) in [4.78, 5) is 8.94. The van der Waals surface area contributed by atoms with E-state index in [1.165, 1.54) is 17.3 Å². The molecule has 1 aromatic carbocycles. The highest BCUT2D eigenvalue weighted by Crippen LogP contribution is 2.25. The second kappa shape index (κ2) is 6.51. The van der Waals surface area contributed by atoms with Gasteiger partial charge in [0.25, 0.3) is 0 Å². The quantitative estimate of drug-likeness (QED) is 0.471. The smallest absolute Gasteiger partial charge is 0.207 e. The van der Waals surface area contributed by atoms with Crippen LogP contribution in [0.3, 0.4) is 0 Å². The molecule has 0 saturated heterocycles. The first-order chi connectivity index (χ1) is 11.1. The third kappa shape index (κ3) is 3.77. The van der Waals surface area contributed by atoms with Crippen LogP contribution in [0.4, 0.5) is 5.82 Å². The Morgan fingerprint density at radius 1 is 1.17 bits per heavy atom. The Labute approximate surface area is 137 Å². The summed E-state index contributed by atoms with van der Waals surface area (Å²) >= 11 is 1.53. The van der Waals surface area contributed by atoms with Gasteiger partial charge in [-0.15, -0.1) is 5.10 Å². The molecule has 0 aliphatic rings. The molecule has 0 unspecified atom stereocenters. The molecule has 3 aromatic rings. The molecule has 0 aliphatic carbocycles. The number of aromatic amines is 1. The van der Waals surface area contributed by atoms with E-state index in [4.69, 9.17) is 0 Å². The second-order valence-corrected chi connectivity index (χ2v) is 6.73. The normalized spacial score (nSPS) is 11.8. The van der Waals surface area contributed by atoms with Crippen molar-refractivity contribution in [2.75, 3.05) is 11.9 Å². The molecule has 0 aliphatic heterocycles. The summed E-state index contributed by atoms with van der Waals surface area (Å²) in [5.41, 5.74) is 1.76. The van der Waals surface area contributed by atoms with Crippen LogP contribution in [0.1, 0.15) is 19.4 Å². The van der Waals surface area contributed by atoms with Crippen molar-refractivity contribution in [3.63, 3.8) is 0 Å². The molecule has 2 heterocycles. The van der Waals surface area contributed by atoms with E-state index < -0.39 is 5.54 Å². The van der Waals surface area contributed by atoms with Crippen molar-refractivity contribution in [2.45, 2.75) is 30.3 Å². The van der Waals surface area contributed by atoms with Crippen molar-refractivity contribution in [1.29, 1.82) is 0 Å². The minimum Gasteiger partial charge on any atom is -0.394 e. The standard InChI is InChI=1S/C15H18N6OS/c1-15(2,9-22)18-12-11-13(20-21-19-11)17-14(16-12)23-8-10-6-4-3-5-7-10/h3-7,22H,8-9H2,1-2H3,(H2,16,17,18,19,20,21). The summed E-state index contributed by atoms with van der Waals surface area (Å²) in [6, 6.07) is 10.1. The van der Waals surface area contributed by atoms with E-state index in [0.29, 0.717) is 22.1 Å². The summed E-state index contributed by atoms with van der Waals surface area (Å²) in [5.74, 6) is 1.34. The highest BCUT2D eigenvalue weighted by Gasteiger charge is 2.20. The largest absolute Gasteiger partial charge is 0.394 e. The van der Waals surface area contributed by atoms with E-state index in [2.05, 4.69) is 42.8 Å². The first-order valence-corrected chi connectivity index (χ1v) is 8.20. The number of fused-ring (bicyclic) bond motifs is 1. The summed E-state index contributed by atoms with van der Waals surface area (Å²) in [5, 5.41) is 24.0. The van der Waals surface area contributed by atoms with E-state index in [1.807, 2.05) is 32.0 Å². The zero-order valence-corrected chi connectivity index (χ0v) is 13.8. The lowest BCUT2D eigenvalue weighted by molar-refractivity contribution is 0.234. The number of aliphatic hydroxyl groups is 1. The van der Waals surface area contributed by atoms with E-state index in [9.17, 15) is 5.11 Å². The fourth-order valence-corrected chi connectivity index (χ4v) is 2.76. The summed E-state index contributed by atoms with van der Waals surface area (Å²) < 4.78 is 0. The van der Waals surface area contributed by atoms with Crippen molar-refractivity contribution < 1.29 is 5.11 Å². The van der Waals surface area contributed by atoms with Crippen LogP contribution in [0.2, 0.25) is 0 Å². The predicted octanol–water partition coefficient (Wildman–Crippen LogP) is 2.22. The molecule has 8 heteroatoms. The maximum absolute atomic E-state index is 9.44. The Morgan fingerprint density at radius 2 is 1.96 bits per heavy atom. The van der Waals surface area contributed by atoms with Crippen LogP contribution >= 0.6 is 11.8 Å². The van der Waals surface area contributed by atoms with Crippen LogP contribution in [-0.2, 0) is 5.75 Å². The molecule has 2 aromatic heterocycles. The Morgan fingerprint density at radius 3 is 2.70 bits per heavy atom. The van der Waals surface area contributed by atoms with Crippen molar-refractivity contribution in [3.8, 4) is 0 Å². The maximum Gasteiger partial charge on any atom is 0.207 e. The lowest BCUT2D eigenvalue weighted by atomic mass is 10.1. The van der Waals surface area contributed by atoms with Gasteiger partial charge >= 0.3 is 0 Å². The van der Waals surface area contributed by atoms with Gasteiger partial charge in [-0.3, -0.25) is 0 Å². The zero-order valence-electron chi connectivity index (χ0n) is 12.9. The summed E-state index contributed by atoms with van der Waals surface area (Å²) in [7, 11) is 0. The van der Waals surface area contributed by atoms with E-state index in [0.717, 1.165) is 5.75 Å². The number of anilines is 1. The number of hydrogen-bond donors (Lipinski definition) is 3. The van der Waals surface area contributed by atoms with Gasteiger partial charge in [0, 0.05) is 5.75 Å². The lowest BCUT2D eigenvalue weighted by Gasteiger charge is -2.24. The molecule has 0 atom stereocenters. The number of hydrogen-bond acceptors (Lipinski definition) is 7. The fraction of sp³-hybridized carbons (Fsp3) is 0.333. The number of aliphatic hydroxyl groups excluding tert-OH is 1. The number of nitrogens with zero attached hydrogens (tertiary/aromatic N) is 4. The highest BCUT2D eigenvalue weighted by molar-refractivity contribution is 7.98. The van der Waals surface area contributed by atoms with Gasteiger partial charge in [0.05, 0.1) is 12.1 Å². The highest BCUT2D eigenvalue weighted by atomic mass is 32.2. The molecule has 0 bridgehead atoms. The number of benzene rings is 1. The third-order valence-corrected chi connectivity index (χ3v) is 4.14. The summed E-state index contributed by atoms with van der Waals surface area (Å²) in [6.07, 6.45) is 0. The third-order valence-electron chi connectivity index (χ3n) is 3.23. The first-order valence-electron chi connectivity index (χ1n) is 7.22. The van der Waals surface area contributed by atoms with Gasteiger partial charge in [0.2, 0.25) is 5.65 Å². The van der Waals surface area contributed by atoms with Gasteiger partial charge < -0.3 is 10.4 Å². The van der Waals surface area contributed by atoms with Crippen LogP contribution in [-0.4, -0.2) is 42.6 Å². The molecule has 0 saturated carbocycles. The Kier molecular flexibility index (Phi) is 4.44. The fourth-order valence-electron chi connectivity index (χ4n) is 1.96. The average Bonchev–Trinajstić information content (AvgIpc) is 3.02. The Hall–Kier alpha value is -2.19. The monoisotopic (exact) mass is 330 g/mol. The Bertz CT molecular complexity index is 789. The maximum atomic E-state index is 9.44. The van der Waals surface area contributed by atoms with Gasteiger partial charge in [-0.25, -0.2) is 4.98 Å². The minimum absolute atomic E-state index is 0.0250. The van der Waals surface area contributed by atoms with Crippen LogP contribution in [0.5, 0.6) is 0 Å². The van der Waals surface area contributed by atoms with Crippen molar-refractivity contribution >= 4 is 28.7 Å². The number of rotatable bonds is 6. The zero-order chi connectivity index (χ0) is 16.3. The number of thioether (sulfide) groups is 1. The van der Waals surface area contributed by atoms with Gasteiger partial charge in [0.1, 0.15) is 0 Å². The van der Waals surface area contributed by atoms with E-state index >= 15 is 0 Å². The average molecular weight is 330 g/mol. The second-order valence-electron chi connectivity index (χ2n) is 5.79. The molecule has 3 rings (SSSR count). The van der Waals surface area contributed by atoms with Crippen molar-refractivity contribution in [2.24, 2.45) is 0 Å².